The van der Waals surface area contributed by atoms with Gasteiger partial charge in [0, 0.05) is 54.3 Å². The first kappa shape index (κ1) is 30.8. The van der Waals surface area contributed by atoms with Gasteiger partial charge in [0.2, 0.25) is 0 Å². The van der Waals surface area contributed by atoms with E-state index in [2.05, 4.69) is 113 Å². The second-order valence-electron chi connectivity index (χ2n) is 17.4. The lowest BCUT2D eigenvalue weighted by Crippen LogP contribution is -2.26. The zero-order valence-corrected chi connectivity index (χ0v) is 34.2. The number of rotatable bonds is 6. The number of benzene rings is 6. The molecule has 0 atom stereocenters. The Morgan fingerprint density at radius 2 is 1.22 bits per heavy atom. The Kier molecular flexibility index (Phi) is 7.40. The predicted octanol–water partition coefficient (Wildman–Crippen LogP) is 14.4. The van der Waals surface area contributed by atoms with Crippen LogP contribution in [0.15, 0.2) is 140 Å². The zero-order chi connectivity index (χ0) is 45.5. The third kappa shape index (κ3) is 6.49. The van der Waals surface area contributed by atoms with E-state index in [0.29, 0.717) is 29.2 Å². The minimum absolute atomic E-state index is 0.0295. The third-order valence-corrected chi connectivity index (χ3v) is 11.4. The lowest BCUT2D eigenvalue weighted by molar-refractivity contribution is 0.483. The van der Waals surface area contributed by atoms with Gasteiger partial charge in [-0.3, -0.25) is 4.57 Å². The fourth-order valence-electron chi connectivity index (χ4n) is 8.17. The first-order valence-corrected chi connectivity index (χ1v) is 19.9. The van der Waals surface area contributed by atoms with E-state index in [1.54, 1.807) is 24.3 Å². The van der Waals surface area contributed by atoms with Gasteiger partial charge in [0.25, 0.3) is 0 Å². The van der Waals surface area contributed by atoms with Gasteiger partial charge < -0.3 is 14.5 Å². The maximum absolute atomic E-state index is 8.86. The maximum atomic E-state index is 8.86. The minimum Gasteiger partial charge on any atom is -0.457 e. The molecule has 0 saturated heterocycles. The van der Waals surface area contributed by atoms with Gasteiger partial charge in [-0.25, -0.2) is 4.98 Å². The van der Waals surface area contributed by atoms with Crippen molar-refractivity contribution in [1.82, 2.24) is 9.55 Å². The number of hydrogen-bond acceptors (Lipinski definition) is 4. The van der Waals surface area contributed by atoms with Gasteiger partial charge in [0.05, 0.1) is 22.4 Å². The molecule has 8 aromatic rings. The Hall–Kier alpha value is -6.33. The van der Waals surface area contributed by atoms with Crippen LogP contribution in [0.4, 0.5) is 22.7 Å². The molecule has 0 amide bonds. The summed E-state index contributed by atoms with van der Waals surface area (Å²) in [6, 6.07) is 44.1. The fraction of sp³-hybridized carbons (Fsp3) is 0.226. The van der Waals surface area contributed by atoms with Crippen molar-refractivity contribution in [1.29, 1.82) is 0 Å². The van der Waals surface area contributed by atoms with Crippen LogP contribution < -0.4 is 14.5 Å². The average Bonchev–Trinajstić information content (AvgIpc) is 3.79. The van der Waals surface area contributed by atoms with Crippen LogP contribution in [0.1, 0.15) is 77.6 Å². The number of ether oxygens (including phenoxy) is 1. The standard InChI is InChI=1S/C53H52N4O/c1-34-23-24-41(30-48(34)56-33-55(46-21-15-16-22-47(46)56)40-28-38(52(4,5)6)27-39(29-40)53(7,8)9)58-42-25-26-44-43-19-13-14-20-45(43)57(49(44)31-42)51-36(3)50(35(2)32-54-51)37-17-11-10-12-18-37/h10-32H,33H2,1-9H3/i2D3,3D3. The quantitative estimate of drug-likeness (QED) is 0.169. The van der Waals surface area contributed by atoms with Crippen LogP contribution in [-0.4, -0.2) is 16.2 Å². The van der Waals surface area contributed by atoms with Gasteiger partial charge in [0.15, 0.2) is 0 Å². The first-order valence-electron chi connectivity index (χ1n) is 22.9. The van der Waals surface area contributed by atoms with E-state index < -0.39 is 13.7 Å². The van der Waals surface area contributed by atoms with Crippen molar-refractivity contribution in [3.8, 4) is 28.4 Å². The molecule has 0 bridgehead atoms. The van der Waals surface area contributed by atoms with Crippen LogP contribution in [0.2, 0.25) is 0 Å². The smallest absolute Gasteiger partial charge is 0.141 e. The van der Waals surface area contributed by atoms with E-state index >= 15 is 0 Å². The molecule has 1 aliphatic rings. The molecule has 9 rings (SSSR count). The highest BCUT2D eigenvalue weighted by Crippen LogP contribution is 2.47. The number of para-hydroxylation sites is 3. The van der Waals surface area contributed by atoms with Crippen molar-refractivity contribution in [3.05, 3.63) is 167 Å². The van der Waals surface area contributed by atoms with Crippen molar-refractivity contribution < 1.29 is 13.0 Å². The molecule has 0 fully saturated rings. The molecule has 0 spiro atoms. The van der Waals surface area contributed by atoms with Gasteiger partial charge in [-0.15, -0.1) is 0 Å². The largest absolute Gasteiger partial charge is 0.457 e. The summed E-state index contributed by atoms with van der Waals surface area (Å²) < 4.78 is 60.4. The fourth-order valence-corrected chi connectivity index (χ4v) is 8.17. The number of aryl methyl sites for hydroxylation is 2. The van der Waals surface area contributed by atoms with Gasteiger partial charge in [-0.2, -0.15) is 0 Å². The number of aromatic nitrogens is 2. The molecule has 58 heavy (non-hydrogen) atoms. The van der Waals surface area contributed by atoms with Gasteiger partial charge in [-0.05, 0) is 113 Å². The van der Waals surface area contributed by atoms with Crippen molar-refractivity contribution in [3.63, 3.8) is 0 Å². The van der Waals surface area contributed by atoms with Crippen LogP contribution >= 0.6 is 0 Å². The third-order valence-electron chi connectivity index (χ3n) is 11.4. The van der Waals surface area contributed by atoms with Crippen molar-refractivity contribution in [2.75, 3.05) is 16.5 Å². The molecule has 5 nitrogen and oxygen atoms in total. The van der Waals surface area contributed by atoms with Gasteiger partial charge in [-0.1, -0.05) is 114 Å². The Morgan fingerprint density at radius 3 is 1.93 bits per heavy atom. The molecular formula is C53H52N4O. The van der Waals surface area contributed by atoms with Crippen LogP contribution in [0.5, 0.6) is 11.5 Å². The molecule has 1 aliphatic heterocycles. The molecule has 0 saturated carbocycles. The SMILES string of the molecule is [2H]C([2H])([2H])c1cnc(-n2c3ccccc3c3ccc(Oc4ccc(C)c(N5CN(c6cc(C(C)(C)C)cc(C(C)(C)C)c6)c6ccccc65)c4)cc32)c(C([2H])([2H])[2H])c1-c1ccccc1. The van der Waals surface area contributed by atoms with Crippen LogP contribution in [0, 0.1) is 20.6 Å². The predicted molar refractivity (Wildman–Crippen MR) is 244 cm³/mol. The Bertz CT molecular complexity index is 3050. The van der Waals surface area contributed by atoms with E-state index in [1.807, 2.05) is 59.2 Å². The van der Waals surface area contributed by atoms with Gasteiger partial charge in [0.1, 0.15) is 24.0 Å². The summed E-state index contributed by atoms with van der Waals surface area (Å²) in [5.74, 6) is 1.31. The topological polar surface area (TPSA) is 33.5 Å². The molecule has 0 N–H and O–H groups in total. The summed E-state index contributed by atoms with van der Waals surface area (Å²) in [6.45, 7) is 11.0. The van der Waals surface area contributed by atoms with Crippen molar-refractivity contribution in [2.45, 2.75) is 73.0 Å². The van der Waals surface area contributed by atoms with Crippen LogP contribution in [0.25, 0.3) is 38.8 Å². The van der Waals surface area contributed by atoms with Crippen molar-refractivity contribution >= 4 is 44.6 Å². The van der Waals surface area contributed by atoms with Crippen molar-refractivity contribution in [2.24, 2.45) is 0 Å². The highest BCUT2D eigenvalue weighted by Gasteiger charge is 2.31. The normalized spacial score (nSPS) is 15.1. The highest BCUT2D eigenvalue weighted by molar-refractivity contribution is 6.09. The lowest BCUT2D eigenvalue weighted by atomic mass is 9.80. The van der Waals surface area contributed by atoms with Crippen LogP contribution in [0.3, 0.4) is 0 Å². The molecule has 0 unspecified atom stereocenters. The Labute approximate surface area is 351 Å². The zero-order valence-electron chi connectivity index (χ0n) is 40.2. The molecule has 5 heteroatoms. The number of anilines is 4. The number of hydrogen-bond donors (Lipinski definition) is 0. The number of nitrogens with zero attached hydrogens (tertiary/aromatic N) is 4. The second kappa shape index (κ2) is 13.9. The van der Waals surface area contributed by atoms with E-state index in [9.17, 15) is 0 Å². The minimum atomic E-state index is -2.73. The summed E-state index contributed by atoms with van der Waals surface area (Å²) in [6.07, 6.45) is 1.30. The maximum Gasteiger partial charge on any atom is 0.141 e. The summed E-state index contributed by atoms with van der Waals surface area (Å²) in [5.41, 5.74) is 9.78. The molecule has 290 valence electrons. The average molecular weight is 767 g/mol. The Morgan fingerprint density at radius 1 is 0.586 bits per heavy atom. The molecular weight excluding hydrogens is 709 g/mol. The lowest BCUT2D eigenvalue weighted by Gasteiger charge is -2.29. The number of fused-ring (bicyclic) bond motifs is 4. The summed E-state index contributed by atoms with van der Waals surface area (Å²) >= 11 is 0. The molecule has 0 radical (unpaired) electrons. The van der Waals surface area contributed by atoms with E-state index in [0.717, 1.165) is 44.6 Å². The van der Waals surface area contributed by atoms with E-state index in [1.165, 1.54) is 17.3 Å². The first-order chi connectivity index (χ1) is 30.2. The van der Waals surface area contributed by atoms with Gasteiger partial charge >= 0.3 is 0 Å². The highest BCUT2D eigenvalue weighted by atomic mass is 16.5. The number of pyridine rings is 1. The van der Waals surface area contributed by atoms with E-state index in [4.69, 9.17) is 17.9 Å². The monoisotopic (exact) mass is 766 g/mol. The summed E-state index contributed by atoms with van der Waals surface area (Å²) in [4.78, 5) is 9.43. The second-order valence-corrected chi connectivity index (χ2v) is 17.4. The molecule has 3 heterocycles. The Balaban J connectivity index is 1.15. The van der Waals surface area contributed by atoms with E-state index in [-0.39, 0.29) is 33.3 Å². The molecule has 0 aliphatic carbocycles. The summed E-state index contributed by atoms with van der Waals surface area (Å²) in [5, 5.41) is 1.76. The molecule has 6 aromatic carbocycles. The summed E-state index contributed by atoms with van der Waals surface area (Å²) in [7, 11) is 0. The molecule has 2 aromatic heterocycles. The van der Waals surface area contributed by atoms with Crippen LogP contribution in [-0.2, 0) is 10.8 Å².